The largest absolute Gasteiger partial charge is 0.481 e. The second-order valence-electron chi connectivity index (χ2n) is 2.31. The first kappa shape index (κ1) is 16.7. The van der Waals surface area contributed by atoms with Gasteiger partial charge in [-0.3, -0.25) is 9.35 Å². The molecule has 2 N–H and O–H groups in total. The van der Waals surface area contributed by atoms with E-state index in [9.17, 15) is 8.42 Å². The molecule has 0 saturated heterocycles. The van der Waals surface area contributed by atoms with Gasteiger partial charge >= 0.3 is 0 Å². The summed E-state index contributed by atoms with van der Waals surface area (Å²) in [6, 6.07) is 7.42. The highest BCUT2D eigenvalue weighted by Crippen LogP contribution is 2.05. The SMILES string of the molecule is CC(=O)O.I.O=S(=O)(O)c1ccccc1. The zero-order valence-electron chi connectivity index (χ0n) is 7.82. The Bertz CT molecular complexity index is 383. The normalized spacial score (nSPS) is 9.20. The van der Waals surface area contributed by atoms with Gasteiger partial charge in [0.25, 0.3) is 16.1 Å². The lowest BCUT2D eigenvalue weighted by Crippen LogP contribution is -1.96. The number of hydrogen-bond acceptors (Lipinski definition) is 3. The fraction of sp³-hybridized carbons (Fsp3) is 0.125. The molecule has 15 heavy (non-hydrogen) atoms. The summed E-state index contributed by atoms with van der Waals surface area (Å²) >= 11 is 0. The van der Waals surface area contributed by atoms with Crippen molar-refractivity contribution >= 4 is 40.1 Å². The highest BCUT2D eigenvalue weighted by molar-refractivity contribution is 14.0. The van der Waals surface area contributed by atoms with Crippen LogP contribution in [0.5, 0.6) is 0 Å². The minimum absolute atomic E-state index is 0. The quantitative estimate of drug-likeness (QED) is 0.596. The van der Waals surface area contributed by atoms with Gasteiger partial charge in [0.2, 0.25) is 0 Å². The first-order valence-corrected chi connectivity index (χ1v) is 5.00. The van der Waals surface area contributed by atoms with Crippen LogP contribution in [0, 0.1) is 0 Å². The first-order chi connectivity index (χ1) is 6.34. The summed E-state index contributed by atoms with van der Waals surface area (Å²) in [5, 5.41) is 7.42. The summed E-state index contributed by atoms with van der Waals surface area (Å²) in [5.41, 5.74) is 0. The third-order valence-corrected chi connectivity index (χ3v) is 1.91. The molecule has 0 aliphatic heterocycles. The molecular weight excluding hydrogens is 335 g/mol. The predicted molar refractivity (Wildman–Crippen MR) is 65.0 cm³/mol. The number of carboxylic acids is 1. The molecule has 0 radical (unpaired) electrons. The van der Waals surface area contributed by atoms with Crippen LogP contribution >= 0.6 is 24.0 Å². The summed E-state index contributed by atoms with van der Waals surface area (Å²) in [6.07, 6.45) is 0. The Morgan fingerprint density at radius 2 is 1.53 bits per heavy atom. The topological polar surface area (TPSA) is 91.7 Å². The summed E-state index contributed by atoms with van der Waals surface area (Å²) in [5.74, 6) is -0.833. The van der Waals surface area contributed by atoms with Gasteiger partial charge < -0.3 is 5.11 Å². The Labute approximate surface area is 105 Å². The molecule has 0 spiro atoms. The first-order valence-electron chi connectivity index (χ1n) is 3.56. The molecule has 0 saturated carbocycles. The van der Waals surface area contributed by atoms with Crippen molar-refractivity contribution in [3.05, 3.63) is 30.3 Å². The molecule has 0 fully saturated rings. The molecule has 0 amide bonds. The summed E-state index contributed by atoms with van der Waals surface area (Å²) < 4.78 is 29.2. The van der Waals surface area contributed by atoms with Gasteiger partial charge in [-0.1, -0.05) is 18.2 Å². The van der Waals surface area contributed by atoms with E-state index in [0.717, 1.165) is 6.92 Å². The maximum Gasteiger partial charge on any atom is 0.300 e. The molecule has 0 heterocycles. The molecule has 7 heteroatoms. The van der Waals surface area contributed by atoms with E-state index in [1.165, 1.54) is 12.1 Å². The van der Waals surface area contributed by atoms with Crippen LogP contribution in [0.2, 0.25) is 0 Å². The van der Waals surface area contributed by atoms with Gasteiger partial charge in [0.05, 0.1) is 4.90 Å². The second-order valence-corrected chi connectivity index (χ2v) is 3.73. The Hall–Kier alpha value is -0.670. The maximum absolute atomic E-state index is 10.4. The van der Waals surface area contributed by atoms with Crippen LogP contribution in [0.1, 0.15) is 6.92 Å². The van der Waals surface area contributed by atoms with E-state index in [1.54, 1.807) is 18.2 Å². The lowest BCUT2D eigenvalue weighted by molar-refractivity contribution is -0.134. The van der Waals surface area contributed by atoms with Crippen LogP contribution in [0.15, 0.2) is 35.2 Å². The van der Waals surface area contributed by atoms with E-state index in [-0.39, 0.29) is 28.9 Å². The smallest absolute Gasteiger partial charge is 0.300 e. The Kier molecular flexibility index (Phi) is 8.49. The van der Waals surface area contributed by atoms with Gasteiger partial charge in [0, 0.05) is 6.92 Å². The standard InChI is InChI=1S/C6H6O3S.C2H4O2.HI/c7-10(8,9)6-4-2-1-3-5-6;1-2(3)4;/h1-5H,(H,7,8,9);1H3,(H,3,4);1H. The van der Waals surface area contributed by atoms with E-state index in [0.29, 0.717) is 0 Å². The third-order valence-electron chi connectivity index (χ3n) is 1.04. The van der Waals surface area contributed by atoms with E-state index in [1.807, 2.05) is 0 Å². The number of aliphatic carboxylic acids is 1. The van der Waals surface area contributed by atoms with Crippen molar-refractivity contribution in [3.8, 4) is 0 Å². The molecule has 1 aromatic carbocycles. The van der Waals surface area contributed by atoms with Gasteiger partial charge in [0.15, 0.2) is 0 Å². The van der Waals surface area contributed by atoms with Crippen LogP contribution in [-0.4, -0.2) is 24.0 Å². The Morgan fingerprint density at radius 3 is 1.73 bits per heavy atom. The van der Waals surface area contributed by atoms with Crippen LogP contribution in [0.3, 0.4) is 0 Å². The molecule has 1 rings (SSSR count). The molecule has 86 valence electrons. The lowest BCUT2D eigenvalue weighted by atomic mass is 10.4. The van der Waals surface area contributed by atoms with Crippen molar-refractivity contribution in [2.75, 3.05) is 0 Å². The third kappa shape index (κ3) is 9.63. The van der Waals surface area contributed by atoms with Gasteiger partial charge in [-0.05, 0) is 12.1 Å². The molecule has 0 atom stereocenters. The number of benzene rings is 1. The number of halogens is 1. The highest BCUT2D eigenvalue weighted by Gasteiger charge is 2.05. The minimum atomic E-state index is -4.00. The van der Waals surface area contributed by atoms with E-state index in [4.69, 9.17) is 14.5 Å². The average molecular weight is 346 g/mol. The van der Waals surface area contributed by atoms with Crippen molar-refractivity contribution in [1.29, 1.82) is 0 Å². The van der Waals surface area contributed by atoms with E-state index in [2.05, 4.69) is 0 Å². The molecule has 0 aliphatic rings. The molecule has 0 aliphatic carbocycles. The van der Waals surface area contributed by atoms with Gasteiger partial charge in [-0.25, -0.2) is 0 Å². The Morgan fingerprint density at radius 1 is 1.20 bits per heavy atom. The zero-order valence-corrected chi connectivity index (χ0v) is 11.0. The van der Waals surface area contributed by atoms with E-state index < -0.39 is 16.1 Å². The molecule has 0 aromatic heterocycles. The Balaban J connectivity index is 0. The zero-order chi connectivity index (χ0) is 11.2. The van der Waals surface area contributed by atoms with Crippen molar-refractivity contribution in [3.63, 3.8) is 0 Å². The van der Waals surface area contributed by atoms with Crippen LogP contribution < -0.4 is 0 Å². The molecule has 1 aromatic rings. The maximum atomic E-state index is 10.4. The number of carbonyl (C=O) groups is 1. The van der Waals surface area contributed by atoms with Crippen molar-refractivity contribution < 1.29 is 22.9 Å². The number of carboxylic acid groups (broad SMARTS) is 1. The molecule has 0 bridgehead atoms. The summed E-state index contributed by atoms with van der Waals surface area (Å²) in [6.45, 7) is 1.08. The lowest BCUT2D eigenvalue weighted by Gasteiger charge is -1.92. The van der Waals surface area contributed by atoms with Gasteiger partial charge in [-0.15, -0.1) is 24.0 Å². The van der Waals surface area contributed by atoms with Crippen molar-refractivity contribution in [1.82, 2.24) is 0 Å². The fourth-order valence-corrected chi connectivity index (χ4v) is 1.09. The molecule has 0 unspecified atom stereocenters. The van der Waals surface area contributed by atoms with Crippen LogP contribution in [0.25, 0.3) is 0 Å². The summed E-state index contributed by atoms with van der Waals surface area (Å²) in [7, 11) is -4.00. The van der Waals surface area contributed by atoms with E-state index >= 15 is 0 Å². The van der Waals surface area contributed by atoms with Crippen LogP contribution in [0.4, 0.5) is 0 Å². The number of rotatable bonds is 1. The number of hydrogen-bond donors (Lipinski definition) is 2. The van der Waals surface area contributed by atoms with Crippen molar-refractivity contribution in [2.45, 2.75) is 11.8 Å². The highest BCUT2D eigenvalue weighted by atomic mass is 127. The van der Waals surface area contributed by atoms with Crippen molar-refractivity contribution in [2.24, 2.45) is 0 Å². The fourth-order valence-electron chi connectivity index (χ4n) is 0.592. The average Bonchev–Trinajstić information content (AvgIpc) is 2.03. The summed E-state index contributed by atoms with van der Waals surface area (Å²) in [4.78, 5) is 8.93. The molecule has 5 nitrogen and oxygen atoms in total. The monoisotopic (exact) mass is 346 g/mol. The van der Waals surface area contributed by atoms with Gasteiger partial charge in [-0.2, -0.15) is 8.42 Å². The second kappa shape index (κ2) is 7.60. The van der Waals surface area contributed by atoms with Gasteiger partial charge in [0.1, 0.15) is 0 Å². The minimum Gasteiger partial charge on any atom is -0.481 e. The molecular formula is C8H11IO5S. The van der Waals surface area contributed by atoms with Crippen LogP contribution in [-0.2, 0) is 14.9 Å². The predicted octanol–water partition coefficient (Wildman–Crippen LogP) is 1.64.